The van der Waals surface area contributed by atoms with Crippen LogP contribution in [0.4, 0.5) is 35.1 Å². The van der Waals surface area contributed by atoms with Crippen molar-refractivity contribution in [1.29, 1.82) is 0 Å². The molecular formula is C101H74Br3F8N9O15S4. The van der Waals surface area contributed by atoms with Gasteiger partial charge in [0.1, 0.15) is 86.6 Å². The van der Waals surface area contributed by atoms with Gasteiger partial charge in [0.2, 0.25) is 5.89 Å². The minimum Gasteiger partial charge on any atom is -0.440 e. The highest BCUT2D eigenvalue weighted by molar-refractivity contribution is 9.11. The van der Waals surface area contributed by atoms with E-state index in [-0.39, 0.29) is 121 Å². The van der Waals surface area contributed by atoms with Crippen LogP contribution in [0.3, 0.4) is 0 Å². The summed E-state index contributed by atoms with van der Waals surface area (Å²) in [7, 11) is -16.9. The Balaban J connectivity index is 0.000000135. The molecule has 0 N–H and O–H groups in total. The third-order valence-corrected chi connectivity index (χ3v) is 30.3. The van der Waals surface area contributed by atoms with E-state index in [0.29, 0.717) is 75.6 Å². The number of para-hydroxylation sites is 3. The molecule has 24 nitrogen and oxygen atoms in total. The SMILES string of the molecule is Cc1cc(CC(=O)CS(=O)(=O)c2cn(Cc3cccc(-c4cccnc4)c3)c3cc(F)cc(F)c23)no1.O=C(CCc1ccccn1)CS(=O)(=O)c1cn(Cc2cccc(Br)c2)c2cc(F)cc(F)c12.O=C(Cc1nc2ccccc2o1)CS(=O)(=O)c1cn(Cc2cccc(Br)c2)c2cc(F)cc(F)c12.O=C(Cc1noc2ccccc12)CS(=O)(=O)c1cn(Cc2cccc(Br)c2)c2cc(F)cc(F)c12. The minimum atomic E-state index is -4.26. The zero-order chi connectivity index (χ0) is 99.2. The van der Waals surface area contributed by atoms with E-state index < -0.39 is 132 Å². The molecule has 0 aliphatic heterocycles. The number of halogens is 11. The van der Waals surface area contributed by atoms with E-state index in [1.54, 1.807) is 110 Å². The molecule has 0 bridgehead atoms. The summed E-state index contributed by atoms with van der Waals surface area (Å²) in [6, 6.07) is 60.6. The van der Waals surface area contributed by atoms with E-state index in [9.17, 15) is 88.0 Å². The fraction of sp³-hybridized carbons (Fsp3) is 0.139. The molecule has 39 heteroatoms. The summed E-state index contributed by atoms with van der Waals surface area (Å²) in [5, 5.41) is 7.22. The molecule has 0 aliphatic rings. The molecule has 714 valence electrons. The normalized spacial score (nSPS) is 11.9. The Labute approximate surface area is 818 Å². The Kier molecular flexibility index (Phi) is 29.8. The summed E-state index contributed by atoms with van der Waals surface area (Å²) < 4.78 is 245. The summed E-state index contributed by atoms with van der Waals surface area (Å²) in [5.41, 5.74) is 8.11. The Hall–Kier alpha value is -13.8. The number of carbonyl (C=O) groups is 4. The van der Waals surface area contributed by atoms with Gasteiger partial charge in [-0.3, -0.25) is 29.1 Å². The molecule has 0 unspecified atom stereocenters. The number of ketones is 4. The average molecular weight is 2170 g/mol. The second-order valence-corrected chi connectivity index (χ2v) is 43.2. The Morgan fingerprint density at radius 1 is 0.371 bits per heavy atom. The largest absolute Gasteiger partial charge is 0.440 e. The molecule has 9 heterocycles. The summed E-state index contributed by atoms with van der Waals surface area (Å²) in [6.07, 6.45) is 9.47. The van der Waals surface area contributed by atoms with E-state index in [1.165, 1.54) is 43.1 Å². The van der Waals surface area contributed by atoms with Crippen molar-refractivity contribution in [2.24, 2.45) is 0 Å². The molecule has 10 aromatic carbocycles. The van der Waals surface area contributed by atoms with Crippen LogP contribution in [0.5, 0.6) is 0 Å². The number of aryl methyl sites for hydroxylation is 2. The summed E-state index contributed by atoms with van der Waals surface area (Å²) in [6.45, 7) is 2.34. The van der Waals surface area contributed by atoms with Gasteiger partial charge in [-0.1, -0.05) is 149 Å². The maximum atomic E-state index is 14.9. The zero-order valence-corrected chi connectivity index (χ0v) is 81.1. The van der Waals surface area contributed by atoms with Crippen molar-refractivity contribution in [3.05, 3.63) is 385 Å². The standard InChI is InChI=1S/C27H21F2N3O4S.2C25H17BrF2N2O4S.C24H19BrF2N2O3S/c1-17-8-22(31-36-17)12-23(33)16-37(34,35)26-15-32(25-11-21(28)10-24(29)27(25)26)14-18-4-2-5-19(9-18)20-6-3-7-30-13-20;26-16-5-3-4-15(8-16)12-30-13-23(25-19(28)9-17(27)10-21(25)30)35(32,33)14-18(31)11-24-29-20-6-1-2-7-22(20)34-24;26-16-5-3-4-15(8-16)12-30-13-24(25-20(28)9-17(27)10-22(25)30)35(32,33)14-18(31)11-21-19-6-1-2-7-23(19)34-29-21;25-17-5-3-4-16(10-17)13-29-14-23(24-21(27)11-18(26)12-22(24)29)33(31,32)15-20(30)8-7-19-6-1-2-9-28-19/h2-11,13,15H,12,14,16H2,1H3;2*1-10,13H,11-12,14H2;1-6,9-12,14H,7-8,13,15H2. The van der Waals surface area contributed by atoms with Crippen LogP contribution in [0.1, 0.15) is 57.4 Å². The average Bonchev–Trinajstić information content (AvgIpc) is 1.61. The molecule has 0 saturated carbocycles. The van der Waals surface area contributed by atoms with E-state index in [1.807, 2.05) is 97.1 Å². The lowest BCUT2D eigenvalue weighted by molar-refractivity contribution is -0.117. The van der Waals surface area contributed by atoms with Crippen LogP contribution in [-0.4, -0.2) is 123 Å². The van der Waals surface area contributed by atoms with Crippen LogP contribution < -0.4 is 0 Å². The lowest BCUT2D eigenvalue weighted by Crippen LogP contribution is -2.18. The quantitative estimate of drug-likeness (QED) is 0.0377. The topological polar surface area (TPSA) is 328 Å². The van der Waals surface area contributed by atoms with E-state index in [0.717, 1.165) is 71.1 Å². The zero-order valence-electron chi connectivity index (χ0n) is 73.1. The van der Waals surface area contributed by atoms with Gasteiger partial charge in [0, 0.05) is 131 Å². The summed E-state index contributed by atoms with van der Waals surface area (Å²) in [4.78, 5) is 61.4. The number of benzene rings is 10. The van der Waals surface area contributed by atoms with Crippen LogP contribution in [0.2, 0.25) is 0 Å². The van der Waals surface area contributed by atoms with E-state index >= 15 is 0 Å². The maximum Gasteiger partial charge on any atom is 0.202 e. The predicted molar refractivity (Wildman–Crippen MR) is 517 cm³/mol. The number of hydrogen-bond donors (Lipinski definition) is 0. The van der Waals surface area contributed by atoms with Gasteiger partial charge in [-0.2, -0.15) is 0 Å². The summed E-state index contributed by atoms with van der Waals surface area (Å²) >= 11 is 10.1. The molecule has 9 aromatic heterocycles. The highest BCUT2D eigenvalue weighted by Gasteiger charge is 2.34. The van der Waals surface area contributed by atoms with Crippen LogP contribution in [-0.2, 0) is 110 Å². The minimum absolute atomic E-state index is 0.00988. The number of oxazole rings is 1. The third kappa shape index (κ3) is 23.5. The number of rotatable bonds is 30. The number of sulfone groups is 4. The van der Waals surface area contributed by atoms with Gasteiger partial charge in [0.15, 0.2) is 67.9 Å². The highest BCUT2D eigenvalue weighted by Crippen LogP contribution is 2.38. The highest BCUT2D eigenvalue weighted by atomic mass is 79.9. The summed E-state index contributed by atoms with van der Waals surface area (Å²) in [5.74, 6) is -12.5. The lowest BCUT2D eigenvalue weighted by atomic mass is 10.0. The number of hydrogen-bond acceptors (Lipinski definition) is 20. The Morgan fingerprint density at radius 2 is 0.779 bits per heavy atom. The molecular weight excluding hydrogens is 2100 g/mol. The smallest absolute Gasteiger partial charge is 0.202 e. The molecule has 19 aromatic rings. The van der Waals surface area contributed by atoms with Crippen LogP contribution in [0, 0.1) is 53.5 Å². The number of pyridine rings is 2. The number of carbonyl (C=O) groups excluding carboxylic acids is 4. The molecule has 0 saturated heterocycles. The van der Waals surface area contributed by atoms with Gasteiger partial charge in [-0.25, -0.2) is 73.8 Å². The van der Waals surface area contributed by atoms with Crippen molar-refractivity contribution in [2.75, 3.05) is 23.0 Å². The molecule has 0 amide bonds. The predicted octanol–water partition coefficient (Wildman–Crippen LogP) is 20.9. The van der Waals surface area contributed by atoms with Crippen LogP contribution in [0.25, 0.3) is 76.8 Å². The Morgan fingerprint density at radius 3 is 1.20 bits per heavy atom. The molecule has 0 atom stereocenters. The lowest BCUT2D eigenvalue weighted by Gasteiger charge is -2.08. The first-order chi connectivity index (χ1) is 66.8. The van der Waals surface area contributed by atoms with Crippen LogP contribution >= 0.6 is 47.8 Å². The first-order valence-corrected chi connectivity index (χ1v) is 51.4. The number of Topliss-reactive ketones (excluding diaryl/α,β-unsaturated/α-hetero) is 4. The number of fused-ring (bicyclic) bond motifs is 6. The van der Waals surface area contributed by atoms with Crippen molar-refractivity contribution in [3.63, 3.8) is 0 Å². The van der Waals surface area contributed by atoms with Gasteiger partial charge in [-0.15, -0.1) is 0 Å². The van der Waals surface area contributed by atoms with Crippen molar-refractivity contribution >= 4 is 176 Å². The van der Waals surface area contributed by atoms with Crippen molar-refractivity contribution < 1.29 is 101 Å². The van der Waals surface area contributed by atoms with E-state index in [4.69, 9.17) is 13.5 Å². The third-order valence-electron chi connectivity index (χ3n) is 22.1. The van der Waals surface area contributed by atoms with Crippen LogP contribution in [0.15, 0.2) is 320 Å². The van der Waals surface area contributed by atoms with E-state index in [2.05, 4.69) is 73.1 Å². The second kappa shape index (κ2) is 42.1. The number of aromatic nitrogens is 9. The Bertz CT molecular complexity index is 8510. The number of nitrogens with zero attached hydrogens (tertiary/aromatic N) is 9. The van der Waals surface area contributed by atoms with Crippen molar-refractivity contribution in [2.45, 2.75) is 84.8 Å². The molecule has 140 heavy (non-hydrogen) atoms. The van der Waals surface area contributed by atoms with Crippen molar-refractivity contribution in [3.8, 4) is 11.1 Å². The monoisotopic (exact) mass is 2170 g/mol. The maximum absolute atomic E-state index is 14.9. The van der Waals surface area contributed by atoms with Crippen molar-refractivity contribution in [1.82, 2.24) is 43.5 Å². The second-order valence-electron chi connectivity index (χ2n) is 32.6. The van der Waals surface area contributed by atoms with Gasteiger partial charge in [0.05, 0.1) is 93.8 Å². The first-order valence-electron chi connectivity index (χ1n) is 42.4. The van der Waals surface area contributed by atoms with Gasteiger partial charge >= 0.3 is 0 Å². The molecule has 19 rings (SSSR count). The fourth-order valence-corrected chi connectivity index (χ4v) is 23.4. The first kappa shape index (κ1) is 99.2. The fourth-order valence-electron chi connectivity index (χ4n) is 16.1. The van der Waals surface area contributed by atoms with Gasteiger partial charge in [-0.05, 0) is 156 Å². The van der Waals surface area contributed by atoms with Gasteiger partial charge in [0.25, 0.3) is 0 Å². The molecule has 0 spiro atoms. The molecule has 0 radical (unpaired) electrons. The molecule has 0 aliphatic carbocycles. The molecule has 0 fully saturated rings. The van der Waals surface area contributed by atoms with Gasteiger partial charge < -0.3 is 31.7 Å².